The average molecular weight is 565 g/mol. The van der Waals surface area contributed by atoms with E-state index in [9.17, 15) is 17.6 Å². The molecule has 0 aliphatic heterocycles. The average Bonchev–Trinajstić information content (AvgIpc) is 2.96. The van der Waals surface area contributed by atoms with Crippen LogP contribution in [0.4, 0.5) is 26.3 Å². The normalized spacial score (nSPS) is 17.2. The molecule has 3 aromatic rings. The zero-order valence-electron chi connectivity index (χ0n) is 22.8. The summed E-state index contributed by atoms with van der Waals surface area (Å²) in [7, 11) is 0. The molecule has 0 saturated heterocycles. The third kappa shape index (κ3) is 6.26. The highest BCUT2D eigenvalue weighted by Crippen LogP contribution is 2.44. The molecule has 1 aliphatic rings. The Balaban J connectivity index is 1.44. The zero-order chi connectivity index (χ0) is 28.8. The van der Waals surface area contributed by atoms with Gasteiger partial charge in [-0.15, -0.1) is 0 Å². The van der Waals surface area contributed by atoms with E-state index in [0.717, 1.165) is 31.7 Å². The maximum absolute atomic E-state index is 15.2. The van der Waals surface area contributed by atoms with E-state index >= 15 is 8.78 Å². The SMILES string of the molecule is CCCCCCOc1ccc([C@H]2CC[C@H](c3ccc(-c4ccc(OCC)c(F)c4F)c(F)c3F)CC2)c(F)c1F. The topological polar surface area (TPSA) is 18.5 Å². The number of rotatable bonds is 11. The van der Waals surface area contributed by atoms with Crippen LogP contribution in [0.15, 0.2) is 36.4 Å². The maximum Gasteiger partial charge on any atom is 0.201 e. The van der Waals surface area contributed by atoms with E-state index in [4.69, 9.17) is 9.47 Å². The molecular weight excluding hydrogens is 530 g/mol. The van der Waals surface area contributed by atoms with Gasteiger partial charge in [-0.1, -0.05) is 44.4 Å². The van der Waals surface area contributed by atoms with Crippen LogP contribution in [0.25, 0.3) is 11.1 Å². The first kappa shape index (κ1) is 29.8. The highest BCUT2D eigenvalue weighted by molar-refractivity contribution is 5.66. The summed E-state index contributed by atoms with van der Waals surface area (Å²) in [5, 5.41) is 0. The minimum absolute atomic E-state index is 0.104. The molecule has 0 atom stereocenters. The number of ether oxygens (including phenoxy) is 2. The number of unbranched alkanes of at least 4 members (excludes halogenated alkanes) is 3. The highest BCUT2D eigenvalue weighted by Gasteiger charge is 2.30. The number of hydrogen-bond donors (Lipinski definition) is 0. The molecule has 1 saturated carbocycles. The van der Waals surface area contributed by atoms with Crippen molar-refractivity contribution in [1.82, 2.24) is 0 Å². The summed E-state index contributed by atoms with van der Waals surface area (Å²) in [6, 6.07) is 7.97. The maximum atomic E-state index is 15.2. The summed E-state index contributed by atoms with van der Waals surface area (Å²) in [4.78, 5) is 0. The molecule has 216 valence electrons. The first-order chi connectivity index (χ1) is 19.3. The third-order valence-corrected chi connectivity index (χ3v) is 7.69. The molecule has 0 radical (unpaired) electrons. The Morgan fingerprint density at radius 3 is 1.62 bits per heavy atom. The van der Waals surface area contributed by atoms with E-state index in [-0.39, 0.29) is 46.6 Å². The van der Waals surface area contributed by atoms with Crippen molar-refractivity contribution in [2.24, 2.45) is 0 Å². The van der Waals surface area contributed by atoms with Crippen LogP contribution < -0.4 is 9.47 Å². The molecule has 0 spiro atoms. The van der Waals surface area contributed by atoms with Crippen molar-refractivity contribution < 1.29 is 35.8 Å². The number of hydrogen-bond acceptors (Lipinski definition) is 2. The quantitative estimate of drug-likeness (QED) is 0.170. The van der Waals surface area contributed by atoms with Crippen molar-refractivity contribution in [1.29, 1.82) is 0 Å². The third-order valence-electron chi connectivity index (χ3n) is 7.69. The van der Waals surface area contributed by atoms with Crippen LogP contribution >= 0.6 is 0 Å². The lowest BCUT2D eigenvalue weighted by Crippen LogP contribution is -2.15. The minimum atomic E-state index is -1.32. The molecule has 40 heavy (non-hydrogen) atoms. The molecule has 1 fully saturated rings. The van der Waals surface area contributed by atoms with Gasteiger partial charge in [0.1, 0.15) is 0 Å². The first-order valence-corrected chi connectivity index (χ1v) is 14.0. The van der Waals surface area contributed by atoms with Gasteiger partial charge in [0, 0.05) is 11.1 Å². The Labute approximate surface area is 231 Å². The van der Waals surface area contributed by atoms with Gasteiger partial charge in [-0.05, 0) is 80.2 Å². The molecule has 0 heterocycles. The van der Waals surface area contributed by atoms with Crippen molar-refractivity contribution >= 4 is 0 Å². The smallest absolute Gasteiger partial charge is 0.201 e. The predicted molar refractivity (Wildman–Crippen MR) is 143 cm³/mol. The second kappa shape index (κ2) is 13.5. The lowest BCUT2D eigenvalue weighted by atomic mass is 9.75. The van der Waals surface area contributed by atoms with Crippen molar-refractivity contribution in [3.63, 3.8) is 0 Å². The zero-order valence-corrected chi connectivity index (χ0v) is 22.8. The first-order valence-electron chi connectivity index (χ1n) is 14.0. The monoisotopic (exact) mass is 564 g/mol. The number of benzene rings is 3. The number of halogens is 6. The molecular formula is C32H34F6O2. The molecule has 0 bridgehead atoms. The second-order valence-electron chi connectivity index (χ2n) is 10.2. The second-order valence-corrected chi connectivity index (χ2v) is 10.2. The largest absolute Gasteiger partial charge is 0.491 e. The summed E-state index contributed by atoms with van der Waals surface area (Å²) >= 11 is 0. The van der Waals surface area contributed by atoms with Gasteiger partial charge in [-0.3, -0.25) is 0 Å². The van der Waals surface area contributed by atoms with Crippen LogP contribution in [0.5, 0.6) is 11.5 Å². The fourth-order valence-corrected chi connectivity index (χ4v) is 5.49. The summed E-state index contributed by atoms with van der Waals surface area (Å²) in [6.45, 7) is 4.14. The van der Waals surface area contributed by atoms with Crippen LogP contribution in [0.2, 0.25) is 0 Å². The summed E-state index contributed by atoms with van der Waals surface area (Å²) in [5.74, 6) is -7.92. The standard InChI is InChI=1S/C32H34F6O2/c1-3-5-6-7-18-40-26-16-14-22(28(34)32(26)38)20-10-8-19(9-11-20)21-12-13-23(29(35)27(21)33)24-15-17-25(39-4-2)31(37)30(24)36/h12-17,19-20H,3-11,18H2,1-2H3/t19-,20-. The van der Waals surface area contributed by atoms with Crippen LogP contribution in [-0.4, -0.2) is 13.2 Å². The van der Waals surface area contributed by atoms with Gasteiger partial charge < -0.3 is 9.47 Å². The fourth-order valence-electron chi connectivity index (χ4n) is 5.49. The lowest BCUT2D eigenvalue weighted by Gasteiger charge is -2.30. The molecule has 0 N–H and O–H groups in total. The molecule has 8 heteroatoms. The highest BCUT2D eigenvalue weighted by atomic mass is 19.2. The fraction of sp³-hybridized carbons (Fsp3) is 0.438. The van der Waals surface area contributed by atoms with E-state index in [1.54, 1.807) is 13.0 Å². The van der Waals surface area contributed by atoms with Crippen LogP contribution in [0, 0.1) is 34.9 Å². The van der Waals surface area contributed by atoms with Crippen molar-refractivity contribution in [2.75, 3.05) is 13.2 Å². The van der Waals surface area contributed by atoms with Gasteiger partial charge in [0.05, 0.1) is 13.2 Å². The Morgan fingerprint density at radius 1 is 0.550 bits per heavy atom. The Morgan fingerprint density at radius 2 is 1.02 bits per heavy atom. The summed E-state index contributed by atoms with van der Waals surface area (Å²) < 4.78 is 99.2. The van der Waals surface area contributed by atoms with Gasteiger partial charge in [-0.2, -0.15) is 8.78 Å². The molecule has 0 aromatic heterocycles. The van der Waals surface area contributed by atoms with E-state index < -0.39 is 40.5 Å². The minimum Gasteiger partial charge on any atom is -0.491 e. The van der Waals surface area contributed by atoms with Crippen molar-refractivity contribution in [3.8, 4) is 22.6 Å². The molecule has 1 aliphatic carbocycles. The van der Waals surface area contributed by atoms with E-state index in [1.807, 2.05) is 0 Å². The molecule has 0 unspecified atom stereocenters. The van der Waals surface area contributed by atoms with Crippen molar-refractivity contribution in [2.45, 2.75) is 77.0 Å². The van der Waals surface area contributed by atoms with Gasteiger partial charge in [-0.25, -0.2) is 17.6 Å². The summed E-state index contributed by atoms with van der Waals surface area (Å²) in [6.07, 6.45) is 5.64. The molecule has 3 aromatic carbocycles. The lowest BCUT2D eigenvalue weighted by molar-refractivity contribution is 0.283. The van der Waals surface area contributed by atoms with Crippen LogP contribution in [-0.2, 0) is 0 Å². The van der Waals surface area contributed by atoms with E-state index in [2.05, 4.69) is 6.92 Å². The van der Waals surface area contributed by atoms with E-state index in [0.29, 0.717) is 32.3 Å². The Bertz CT molecular complexity index is 1320. The molecule has 2 nitrogen and oxygen atoms in total. The summed E-state index contributed by atoms with van der Waals surface area (Å²) in [5.41, 5.74) is -0.410. The Kier molecular flexibility index (Phi) is 10.0. The van der Waals surface area contributed by atoms with Crippen LogP contribution in [0.1, 0.15) is 88.2 Å². The molecule has 0 amide bonds. The Hall–Kier alpha value is -3.16. The molecule has 4 rings (SSSR count). The van der Waals surface area contributed by atoms with E-state index in [1.165, 1.54) is 24.3 Å². The van der Waals surface area contributed by atoms with Gasteiger partial charge in [0.15, 0.2) is 34.8 Å². The van der Waals surface area contributed by atoms with Gasteiger partial charge in [0.2, 0.25) is 11.6 Å². The predicted octanol–water partition coefficient (Wildman–Crippen LogP) is 9.99. The van der Waals surface area contributed by atoms with Gasteiger partial charge in [0.25, 0.3) is 0 Å². The van der Waals surface area contributed by atoms with Gasteiger partial charge >= 0.3 is 0 Å². The van der Waals surface area contributed by atoms with Crippen molar-refractivity contribution in [3.05, 3.63) is 82.4 Å². The van der Waals surface area contributed by atoms with Crippen LogP contribution in [0.3, 0.4) is 0 Å².